The van der Waals surface area contributed by atoms with Crippen LogP contribution in [-0.2, 0) is 4.79 Å². The second-order valence-corrected chi connectivity index (χ2v) is 3.67. The minimum Gasteiger partial charge on any atom is -0.481 e. The molecule has 0 aliphatic heterocycles. The van der Waals surface area contributed by atoms with Gasteiger partial charge in [0.2, 0.25) is 0 Å². The normalized spacial score (nSPS) is 11.8. The number of carboxylic acid groups (broad SMARTS) is 1. The summed E-state index contributed by atoms with van der Waals surface area (Å²) in [5.74, 6) is -2.28. The zero-order valence-electron chi connectivity index (χ0n) is 9.12. The minimum absolute atomic E-state index is 0.160. The van der Waals surface area contributed by atoms with E-state index in [2.05, 4.69) is 0 Å². The van der Waals surface area contributed by atoms with Crippen LogP contribution >= 0.6 is 0 Å². The van der Waals surface area contributed by atoms with Crippen molar-refractivity contribution in [1.29, 1.82) is 0 Å². The number of hydrogen-bond donors (Lipinski definition) is 1. The first kappa shape index (κ1) is 12.8. The van der Waals surface area contributed by atoms with Gasteiger partial charge in [-0.3, -0.25) is 19.7 Å². The topological polar surface area (TPSA) is 97.5 Å². The molecule has 1 aromatic carbocycles. The average Bonchev–Trinajstić information content (AvgIpc) is 2.28. The first-order valence-corrected chi connectivity index (χ1v) is 4.92. The largest absolute Gasteiger partial charge is 0.481 e. The number of nitro benzene ring substituents is 1. The van der Waals surface area contributed by atoms with Crippen molar-refractivity contribution in [2.75, 3.05) is 0 Å². The maximum atomic E-state index is 11.6. The molecule has 1 aromatic rings. The van der Waals surface area contributed by atoms with Gasteiger partial charge in [0, 0.05) is 24.1 Å². The van der Waals surface area contributed by atoms with E-state index in [4.69, 9.17) is 5.11 Å². The zero-order valence-corrected chi connectivity index (χ0v) is 9.12. The number of carbonyl (C=O) groups is 2. The molecule has 17 heavy (non-hydrogen) atoms. The summed E-state index contributed by atoms with van der Waals surface area (Å²) < 4.78 is 0. The van der Waals surface area contributed by atoms with Gasteiger partial charge in [-0.25, -0.2) is 0 Å². The Morgan fingerprint density at radius 1 is 1.47 bits per heavy atom. The van der Waals surface area contributed by atoms with Gasteiger partial charge in [-0.05, 0) is 0 Å². The van der Waals surface area contributed by atoms with E-state index in [9.17, 15) is 19.7 Å². The summed E-state index contributed by atoms with van der Waals surface area (Å²) in [6.45, 7) is 1.41. The number of Topliss-reactive ketones (excluding diaryl/α,β-unsaturated/α-hetero) is 1. The highest BCUT2D eigenvalue weighted by atomic mass is 16.6. The van der Waals surface area contributed by atoms with Crippen LogP contribution in [0.1, 0.15) is 23.7 Å². The maximum Gasteiger partial charge on any atom is 0.306 e. The van der Waals surface area contributed by atoms with Crippen LogP contribution in [0, 0.1) is 16.0 Å². The Balaban J connectivity index is 2.86. The smallest absolute Gasteiger partial charge is 0.306 e. The number of hydrogen-bond acceptors (Lipinski definition) is 4. The fourth-order valence-electron chi connectivity index (χ4n) is 1.28. The van der Waals surface area contributed by atoms with E-state index in [1.807, 2.05) is 0 Å². The molecule has 1 N–H and O–H groups in total. The summed E-state index contributed by atoms with van der Waals surface area (Å²) in [7, 11) is 0. The van der Waals surface area contributed by atoms with Gasteiger partial charge in [0.05, 0.1) is 10.8 Å². The Labute approximate surface area is 97.0 Å². The van der Waals surface area contributed by atoms with Crippen molar-refractivity contribution in [3.63, 3.8) is 0 Å². The lowest BCUT2D eigenvalue weighted by molar-refractivity contribution is -0.384. The highest BCUT2D eigenvalue weighted by molar-refractivity contribution is 5.98. The Morgan fingerprint density at radius 3 is 2.65 bits per heavy atom. The van der Waals surface area contributed by atoms with E-state index < -0.39 is 22.6 Å². The van der Waals surface area contributed by atoms with E-state index >= 15 is 0 Å². The van der Waals surface area contributed by atoms with Crippen LogP contribution in [0.2, 0.25) is 0 Å². The zero-order chi connectivity index (χ0) is 13.0. The quantitative estimate of drug-likeness (QED) is 0.479. The molecule has 0 aliphatic rings. The van der Waals surface area contributed by atoms with E-state index in [1.165, 1.54) is 25.1 Å². The van der Waals surface area contributed by atoms with E-state index in [-0.39, 0.29) is 17.7 Å². The summed E-state index contributed by atoms with van der Waals surface area (Å²) in [6, 6.07) is 5.26. The molecule has 0 amide bonds. The summed E-state index contributed by atoms with van der Waals surface area (Å²) in [4.78, 5) is 32.1. The van der Waals surface area contributed by atoms with Gasteiger partial charge in [0.25, 0.3) is 5.69 Å². The van der Waals surface area contributed by atoms with Gasteiger partial charge < -0.3 is 5.11 Å². The highest BCUT2D eigenvalue weighted by Gasteiger charge is 2.18. The van der Waals surface area contributed by atoms with Gasteiger partial charge in [0.1, 0.15) is 0 Å². The predicted octanol–water partition coefficient (Wildman–Crippen LogP) is 1.89. The van der Waals surface area contributed by atoms with Crippen molar-refractivity contribution in [2.24, 2.45) is 5.92 Å². The number of nitrogens with zero attached hydrogens (tertiary/aromatic N) is 1. The van der Waals surface area contributed by atoms with Crippen molar-refractivity contribution < 1.29 is 19.6 Å². The van der Waals surface area contributed by atoms with Crippen molar-refractivity contribution >= 4 is 17.4 Å². The molecule has 0 saturated carbocycles. The lowest BCUT2D eigenvalue weighted by Gasteiger charge is -2.04. The number of non-ortho nitro benzene ring substituents is 1. The molecular weight excluding hydrogens is 226 g/mol. The molecule has 90 valence electrons. The molecule has 1 atom stereocenters. The van der Waals surface area contributed by atoms with Crippen LogP contribution in [0.4, 0.5) is 5.69 Å². The Morgan fingerprint density at radius 2 is 2.12 bits per heavy atom. The monoisotopic (exact) mass is 237 g/mol. The van der Waals surface area contributed by atoms with E-state index in [0.29, 0.717) is 0 Å². The van der Waals surface area contributed by atoms with Crippen LogP contribution in [0.3, 0.4) is 0 Å². The van der Waals surface area contributed by atoms with Crippen LogP contribution in [0.5, 0.6) is 0 Å². The van der Waals surface area contributed by atoms with Crippen LogP contribution in [0.25, 0.3) is 0 Å². The molecule has 0 aliphatic carbocycles. The molecule has 0 fully saturated rings. The lowest BCUT2D eigenvalue weighted by atomic mass is 10.00. The number of nitro groups is 1. The molecule has 0 saturated heterocycles. The van der Waals surface area contributed by atoms with Gasteiger partial charge in [0.15, 0.2) is 5.78 Å². The Kier molecular flexibility index (Phi) is 3.92. The number of carboxylic acids is 1. The highest BCUT2D eigenvalue weighted by Crippen LogP contribution is 2.16. The van der Waals surface area contributed by atoms with E-state index in [0.717, 1.165) is 6.07 Å². The molecule has 0 heterocycles. The SMILES string of the molecule is CC(CC(=O)c1cccc([N+](=O)[O-])c1)C(=O)O. The molecule has 0 bridgehead atoms. The average molecular weight is 237 g/mol. The molecule has 6 heteroatoms. The van der Waals surface area contributed by atoms with Crippen molar-refractivity contribution in [1.82, 2.24) is 0 Å². The number of benzene rings is 1. The Bertz CT molecular complexity index is 469. The first-order chi connectivity index (χ1) is 7.91. The number of carbonyl (C=O) groups excluding carboxylic acids is 1. The molecule has 1 unspecified atom stereocenters. The van der Waals surface area contributed by atoms with Crippen molar-refractivity contribution in [3.05, 3.63) is 39.9 Å². The summed E-state index contributed by atoms with van der Waals surface area (Å²) in [5.41, 5.74) is -0.0221. The van der Waals surface area contributed by atoms with Crippen molar-refractivity contribution in [2.45, 2.75) is 13.3 Å². The third-order valence-corrected chi connectivity index (χ3v) is 2.29. The third kappa shape index (κ3) is 3.37. The van der Waals surface area contributed by atoms with Gasteiger partial charge in [-0.15, -0.1) is 0 Å². The number of ketones is 1. The summed E-state index contributed by atoms with van der Waals surface area (Å²) in [5, 5.41) is 19.2. The molecule has 0 radical (unpaired) electrons. The maximum absolute atomic E-state index is 11.6. The van der Waals surface area contributed by atoms with Crippen LogP contribution in [0.15, 0.2) is 24.3 Å². The second kappa shape index (κ2) is 5.20. The molecule has 0 spiro atoms. The second-order valence-electron chi connectivity index (χ2n) is 3.67. The molecule has 0 aromatic heterocycles. The van der Waals surface area contributed by atoms with Crippen LogP contribution in [-0.4, -0.2) is 21.8 Å². The molecule has 6 nitrogen and oxygen atoms in total. The van der Waals surface area contributed by atoms with Gasteiger partial charge in [-0.1, -0.05) is 19.1 Å². The summed E-state index contributed by atoms with van der Waals surface area (Å²) in [6.07, 6.45) is -0.170. The number of rotatable bonds is 5. The van der Waals surface area contributed by atoms with Gasteiger partial charge >= 0.3 is 5.97 Å². The number of aliphatic carboxylic acids is 1. The fraction of sp³-hybridized carbons (Fsp3) is 0.273. The minimum atomic E-state index is -1.07. The van der Waals surface area contributed by atoms with Crippen LogP contribution < -0.4 is 0 Å². The predicted molar refractivity (Wildman–Crippen MR) is 58.8 cm³/mol. The lowest BCUT2D eigenvalue weighted by Crippen LogP contribution is -2.14. The standard InChI is InChI=1S/C11H11NO5/c1-7(11(14)15)5-10(13)8-3-2-4-9(6-8)12(16)17/h2-4,6-7H,5H2,1H3,(H,14,15). The summed E-state index contributed by atoms with van der Waals surface area (Å²) >= 11 is 0. The first-order valence-electron chi connectivity index (χ1n) is 4.92. The fourth-order valence-corrected chi connectivity index (χ4v) is 1.28. The van der Waals surface area contributed by atoms with Gasteiger partial charge in [-0.2, -0.15) is 0 Å². The molecule has 1 rings (SSSR count). The van der Waals surface area contributed by atoms with E-state index in [1.54, 1.807) is 0 Å². The molecular formula is C11H11NO5. The third-order valence-electron chi connectivity index (χ3n) is 2.29. The Hall–Kier alpha value is -2.24. The van der Waals surface area contributed by atoms with Crippen molar-refractivity contribution in [3.8, 4) is 0 Å².